The molecule has 128 valence electrons. The minimum absolute atomic E-state index is 0.0176. The molecule has 0 aliphatic rings. The van der Waals surface area contributed by atoms with Crippen LogP contribution in [0.5, 0.6) is 5.75 Å². The molecular weight excluding hydrogens is 390 g/mol. The Hall–Kier alpha value is -1.52. The number of halogens is 2. The van der Waals surface area contributed by atoms with Crippen molar-refractivity contribution < 1.29 is 9.53 Å². The van der Waals surface area contributed by atoms with Gasteiger partial charge in [-0.05, 0) is 52.0 Å². The number of amides is 1. The van der Waals surface area contributed by atoms with E-state index in [-0.39, 0.29) is 18.6 Å². The average Bonchev–Trinajstić information content (AvgIpc) is 2.54. The Balaban J connectivity index is 1.97. The van der Waals surface area contributed by atoms with Crippen molar-refractivity contribution >= 4 is 33.4 Å². The number of carbonyl (C=O) groups is 1. The van der Waals surface area contributed by atoms with Crippen LogP contribution in [0.25, 0.3) is 0 Å². The number of carbonyl (C=O) groups excluding carboxylic acids is 1. The van der Waals surface area contributed by atoms with Gasteiger partial charge in [-0.2, -0.15) is 0 Å². The molecule has 0 aromatic heterocycles. The topological polar surface area (TPSA) is 38.3 Å². The summed E-state index contributed by atoms with van der Waals surface area (Å²) in [7, 11) is 0. The van der Waals surface area contributed by atoms with E-state index in [0.717, 1.165) is 16.5 Å². The summed E-state index contributed by atoms with van der Waals surface area (Å²) in [5, 5.41) is 3.67. The van der Waals surface area contributed by atoms with Gasteiger partial charge in [-0.3, -0.25) is 4.79 Å². The first-order valence-corrected chi connectivity index (χ1v) is 9.05. The van der Waals surface area contributed by atoms with Crippen molar-refractivity contribution in [2.24, 2.45) is 5.92 Å². The van der Waals surface area contributed by atoms with Crippen molar-refractivity contribution in [3.05, 3.63) is 63.6 Å². The summed E-state index contributed by atoms with van der Waals surface area (Å²) in [5.41, 5.74) is 1.10. The Morgan fingerprint density at radius 3 is 2.54 bits per heavy atom. The van der Waals surface area contributed by atoms with Gasteiger partial charge in [-0.25, -0.2) is 0 Å². The molecule has 2 aromatic carbocycles. The van der Waals surface area contributed by atoms with E-state index in [1.54, 1.807) is 18.2 Å². The van der Waals surface area contributed by atoms with Gasteiger partial charge in [0.05, 0.1) is 10.5 Å². The maximum Gasteiger partial charge on any atom is 0.258 e. The molecule has 2 rings (SSSR count). The highest BCUT2D eigenvalue weighted by atomic mass is 79.9. The third-order valence-electron chi connectivity index (χ3n) is 3.50. The third-order valence-corrected chi connectivity index (χ3v) is 4.35. The summed E-state index contributed by atoms with van der Waals surface area (Å²) in [6.07, 6.45) is 0.875. The van der Waals surface area contributed by atoms with Gasteiger partial charge in [0.2, 0.25) is 0 Å². The molecule has 1 atom stereocenters. The van der Waals surface area contributed by atoms with E-state index in [1.165, 1.54) is 0 Å². The second-order valence-electron chi connectivity index (χ2n) is 6.02. The second kappa shape index (κ2) is 9.09. The molecule has 0 radical (unpaired) electrons. The molecule has 5 heteroatoms. The first-order valence-electron chi connectivity index (χ1n) is 7.88. The molecule has 1 unspecified atom stereocenters. The highest BCUT2D eigenvalue weighted by Gasteiger charge is 2.16. The molecule has 0 bridgehead atoms. The lowest BCUT2D eigenvalue weighted by atomic mass is 9.97. The van der Waals surface area contributed by atoms with E-state index in [2.05, 4.69) is 35.1 Å². The van der Waals surface area contributed by atoms with Gasteiger partial charge in [-0.1, -0.05) is 55.8 Å². The number of ether oxygens (including phenoxy) is 1. The van der Waals surface area contributed by atoms with E-state index in [4.69, 9.17) is 16.3 Å². The van der Waals surface area contributed by atoms with E-state index in [9.17, 15) is 4.79 Å². The van der Waals surface area contributed by atoms with Crippen molar-refractivity contribution in [3.8, 4) is 5.75 Å². The Morgan fingerprint density at radius 2 is 1.92 bits per heavy atom. The van der Waals surface area contributed by atoms with Crippen LogP contribution >= 0.6 is 27.5 Å². The fourth-order valence-corrected chi connectivity index (χ4v) is 3.20. The van der Waals surface area contributed by atoms with Crippen molar-refractivity contribution in [3.63, 3.8) is 0 Å². The Labute approximate surface area is 156 Å². The summed E-state index contributed by atoms with van der Waals surface area (Å²) >= 11 is 9.28. The summed E-state index contributed by atoms with van der Waals surface area (Å²) in [5.74, 6) is 0.919. The SMILES string of the molecule is CC(C)CC(NC(=O)COc1ccc(Cl)cc1Br)c1ccccc1. The monoisotopic (exact) mass is 409 g/mol. The predicted octanol–water partition coefficient (Wildman–Crippen LogP) is 5.38. The molecule has 0 fully saturated rings. The molecule has 0 aliphatic heterocycles. The highest BCUT2D eigenvalue weighted by Crippen LogP contribution is 2.28. The summed E-state index contributed by atoms with van der Waals surface area (Å²) in [6, 6.07) is 15.2. The molecule has 24 heavy (non-hydrogen) atoms. The molecule has 2 aromatic rings. The number of benzene rings is 2. The van der Waals surface area contributed by atoms with Crippen molar-refractivity contribution in [1.29, 1.82) is 0 Å². The van der Waals surface area contributed by atoms with E-state index >= 15 is 0 Å². The van der Waals surface area contributed by atoms with E-state index < -0.39 is 0 Å². The second-order valence-corrected chi connectivity index (χ2v) is 7.31. The van der Waals surface area contributed by atoms with Crippen LogP contribution in [0.4, 0.5) is 0 Å². The van der Waals surface area contributed by atoms with Crippen molar-refractivity contribution in [2.45, 2.75) is 26.3 Å². The van der Waals surface area contributed by atoms with Crippen LogP contribution in [0.2, 0.25) is 5.02 Å². The van der Waals surface area contributed by atoms with Crippen molar-refractivity contribution in [2.75, 3.05) is 6.61 Å². The fourth-order valence-electron chi connectivity index (χ4n) is 2.41. The fraction of sp³-hybridized carbons (Fsp3) is 0.316. The quantitative estimate of drug-likeness (QED) is 0.665. The van der Waals surface area contributed by atoms with E-state index in [1.807, 2.05) is 30.3 Å². The average molecular weight is 411 g/mol. The van der Waals surface area contributed by atoms with Gasteiger partial charge >= 0.3 is 0 Å². The number of hydrogen-bond donors (Lipinski definition) is 1. The normalized spacial score (nSPS) is 12.0. The Morgan fingerprint density at radius 1 is 1.21 bits per heavy atom. The number of nitrogens with one attached hydrogen (secondary N) is 1. The molecule has 0 spiro atoms. The largest absolute Gasteiger partial charge is 0.483 e. The molecule has 1 N–H and O–H groups in total. The van der Waals surface area contributed by atoms with Gasteiger partial charge in [0, 0.05) is 5.02 Å². The van der Waals surface area contributed by atoms with Crippen LogP contribution in [0, 0.1) is 5.92 Å². The smallest absolute Gasteiger partial charge is 0.258 e. The molecule has 1 amide bonds. The summed E-state index contributed by atoms with van der Waals surface area (Å²) < 4.78 is 6.30. The third kappa shape index (κ3) is 5.84. The van der Waals surface area contributed by atoms with Gasteiger partial charge in [-0.15, -0.1) is 0 Å². The predicted molar refractivity (Wildman–Crippen MR) is 101 cm³/mol. The molecular formula is C19H21BrClNO2. The molecule has 0 heterocycles. The zero-order chi connectivity index (χ0) is 17.5. The van der Waals surface area contributed by atoms with Gasteiger partial charge < -0.3 is 10.1 Å². The van der Waals surface area contributed by atoms with Crippen LogP contribution in [0.3, 0.4) is 0 Å². The molecule has 0 aliphatic carbocycles. The number of hydrogen-bond acceptors (Lipinski definition) is 2. The number of rotatable bonds is 7. The lowest BCUT2D eigenvalue weighted by Crippen LogP contribution is -2.33. The summed E-state index contributed by atoms with van der Waals surface area (Å²) in [6.45, 7) is 4.24. The lowest BCUT2D eigenvalue weighted by Gasteiger charge is -2.21. The van der Waals surface area contributed by atoms with Crippen LogP contribution in [0.1, 0.15) is 31.9 Å². The Bertz CT molecular complexity index is 676. The van der Waals surface area contributed by atoms with Crippen molar-refractivity contribution in [1.82, 2.24) is 5.32 Å². The zero-order valence-electron chi connectivity index (χ0n) is 13.8. The minimum Gasteiger partial charge on any atom is -0.483 e. The lowest BCUT2D eigenvalue weighted by molar-refractivity contribution is -0.124. The van der Waals surface area contributed by atoms with Crippen LogP contribution < -0.4 is 10.1 Å². The zero-order valence-corrected chi connectivity index (χ0v) is 16.1. The first kappa shape index (κ1) is 18.8. The molecule has 0 saturated carbocycles. The standard InChI is InChI=1S/C19H21BrClNO2/c1-13(2)10-17(14-6-4-3-5-7-14)22-19(23)12-24-18-9-8-15(21)11-16(18)20/h3-9,11,13,17H,10,12H2,1-2H3,(H,22,23). The molecule has 0 saturated heterocycles. The highest BCUT2D eigenvalue weighted by molar-refractivity contribution is 9.10. The van der Waals surface area contributed by atoms with E-state index in [0.29, 0.717) is 16.7 Å². The van der Waals surface area contributed by atoms with Gasteiger partial charge in [0.1, 0.15) is 5.75 Å². The van der Waals surface area contributed by atoms with Crippen LogP contribution in [-0.4, -0.2) is 12.5 Å². The van der Waals surface area contributed by atoms with Crippen LogP contribution in [-0.2, 0) is 4.79 Å². The Kier molecular flexibility index (Phi) is 7.13. The van der Waals surface area contributed by atoms with Gasteiger partial charge in [0.15, 0.2) is 6.61 Å². The van der Waals surface area contributed by atoms with Crippen LogP contribution in [0.15, 0.2) is 53.0 Å². The first-order chi connectivity index (χ1) is 11.5. The maximum atomic E-state index is 12.3. The van der Waals surface area contributed by atoms with Gasteiger partial charge in [0.25, 0.3) is 5.91 Å². The molecule has 3 nitrogen and oxygen atoms in total. The summed E-state index contributed by atoms with van der Waals surface area (Å²) in [4.78, 5) is 12.3. The minimum atomic E-state index is -0.147. The maximum absolute atomic E-state index is 12.3.